The number of H-pyrrole nitrogens is 1. The van der Waals surface area contributed by atoms with E-state index in [0.29, 0.717) is 63.1 Å². The predicted molar refractivity (Wildman–Crippen MR) is 236 cm³/mol. The molecule has 3 aromatic rings. The molecule has 1 atom stereocenters. The summed E-state index contributed by atoms with van der Waals surface area (Å²) < 4.78 is 16.1. The van der Waals surface area contributed by atoms with Crippen LogP contribution in [0.3, 0.4) is 0 Å². The zero-order chi connectivity index (χ0) is 43.6. The van der Waals surface area contributed by atoms with Crippen molar-refractivity contribution in [2.75, 3.05) is 98.5 Å². The Labute approximate surface area is 364 Å². The Hall–Kier alpha value is -5.42. The maximum Gasteiger partial charge on any atom is 0.417 e. The standard InChI is InChI=1S/C31H38N6O6.C13H24N2O3.CH4/c1-20-17-21(18-25-27(20)33-30(40)42-25)19-26(28(38)35-15-13-34(2)14-16-35)43-31(41)36-10-8-23(9-11-36)37-12-7-22-5-3-4-6-24(22)32-29(37)39;1-11-4-7-15(8-5-11)9-6-13(17)18-10-12(16)14(2)3;/h3-6,17-18,23,26H,7-16,19H2,1-2H3,(H,32,39)(H,33,40);11H,4-10H2,1-3H3;1H4/t26-;;/m1../s1. The number of likely N-dealkylation sites (N-methyl/N-ethyl adjacent to an activating group) is 2. The smallest absolute Gasteiger partial charge is 0.417 e. The number of anilines is 1. The lowest BCUT2D eigenvalue weighted by atomic mass is 9.99. The number of carbonyl (C=O) groups excluding carboxylic acids is 5. The van der Waals surface area contributed by atoms with Crippen LogP contribution in [0.25, 0.3) is 11.1 Å². The average molecular weight is 863 g/mol. The van der Waals surface area contributed by atoms with Crippen LogP contribution in [0.5, 0.6) is 0 Å². The van der Waals surface area contributed by atoms with Crippen LogP contribution < -0.4 is 11.1 Å². The molecule has 0 saturated carbocycles. The highest BCUT2D eigenvalue weighted by atomic mass is 16.6. The largest absolute Gasteiger partial charge is 0.456 e. The van der Waals surface area contributed by atoms with E-state index < -0.39 is 18.0 Å². The minimum absolute atomic E-state index is 0. The number of oxazole rings is 1. The minimum atomic E-state index is -1.02. The molecule has 0 radical (unpaired) electrons. The summed E-state index contributed by atoms with van der Waals surface area (Å²) >= 11 is 0. The van der Waals surface area contributed by atoms with E-state index in [0.717, 1.165) is 67.4 Å². The van der Waals surface area contributed by atoms with Crippen LogP contribution in [-0.2, 0) is 36.7 Å². The molecule has 340 valence electrons. The van der Waals surface area contributed by atoms with Crippen LogP contribution in [0.2, 0.25) is 0 Å². The van der Waals surface area contributed by atoms with Gasteiger partial charge in [0.1, 0.15) is 0 Å². The number of aryl methyl sites for hydroxylation is 1. The summed E-state index contributed by atoms with van der Waals surface area (Å²) in [5.74, 6) is -0.451. The number of carbonyl (C=O) groups is 5. The van der Waals surface area contributed by atoms with Crippen molar-refractivity contribution >= 4 is 46.7 Å². The molecule has 0 unspecified atom stereocenters. The molecule has 1 aromatic heterocycles. The van der Waals surface area contributed by atoms with Gasteiger partial charge in [-0.1, -0.05) is 38.6 Å². The molecular weight excluding hydrogens is 797 g/mol. The summed E-state index contributed by atoms with van der Waals surface area (Å²) in [5, 5.41) is 3.03. The molecule has 4 aliphatic rings. The van der Waals surface area contributed by atoms with Crippen molar-refractivity contribution in [2.45, 2.75) is 78.4 Å². The van der Waals surface area contributed by atoms with Crippen LogP contribution in [0.1, 0.15) is 63.1 Å². The fraction of sp³-hybridized carbons (Fsp3) is 0.600. The number of likely N-dealkylation sites (tertiary alicyclic amines) is 2. The van der Waals surface area contributed by atoms with Gasteiger partial charge in [0.25, 0.3) is 11.8 Å². The first-order valence-corrected chi connectivity index (χ1v) is 21.5. The Balaban J connectivity index is 0.000000323. The van der Waals surface area contributed by atoms with Crippen LogP contribution in [0.15, 0.2) is 45.6 Å². The Morgan fingerprint density at radius 1 is 0.903 bits per heavy atom. The number of fused-ring (bicyclic) bond motifs is 2. The summed E-state index contributed by atoms with van der Waals surface area (Å²) in [6.07, 6.45) is 3.39. The van der Waals surface area contributed by atoms with Crippen LogP contribution >= 0.6 is 0 Å². The number of nitrogens with zero attached hydrogens (tertiary/aromatic N) is 6. The molecule has 3 saturated heterocycles. The zero-order valence-electron chi connectivity index (χ0n) is 36.3. The molecule has 2 aromatic carbocycles. The SMILES string of the molecule is C.CC1CCN(CCC(=O)OCC(=O)N(C)C)CC1.Cc1cc(C[C@@H](OC(=O)N2CCC(N3CCc4ccccc4NC3=O)CC2)C(=O)N2CCN(C)CC2)cc2oc(=O)[nH]c12. The second-order valence-electron chi connectivity index (χ2n) is 17.0. The van der Waals surface area contributed by atoms with Crippen LogP contribution in [-0.4, -0.2) is 170 Å². The van der Waals surface area contributed by atoms with Gasteiger partial charge in [-0.3, -0.25) is 19.4 Å². The molecule has 4 aliphatic heterocycles. The van der Waals surface area contributed by atoms with E-state index in [1.807, 2.05) is 49.2 Å². The molecule has 3 fully saturated rings. The van der Waals surface area contributed by atoms with Crippen molar-refractivity contribution in [2.24, 2.45) is 5.92 Å². The van der Waals surface area contributed by atoms with Gasteiger partial charge in [0.2, 0.25) is 0 Å². The molecule has 17 heteroatoms. The number of ether oxygens (including phenoxy) is 2. The molecular formula is C45H66N8O9. The van der Waals surface area contributed by atoms with Gasteiger partial charge in [0, 0.05) is 84.6 Å². The normalized spacial score (nSPS) is 18.3. The molecule has 5 amide bonds. The monoisotopic (exact) mass is 862 g/mol. The van der Waals surface area contributed by atoms with Crippen molar-refractivity contribution in [3.05, 3.63) is 63.6 Å². The van der Waals surface area contributed by atoms with Gasteiger partial charge >= 0.3 is 23.8 Å². The lowest BCUT2D eigenvalue weighted by molar-refractivity contribution is -0.151. The van der Waals surface area contributed by atoms with E-state index in [2.05, 4.69) is 27.0 Å². The van der Waals surface area contributed by atoms with E-state index in [1.165, 1.54) is 17.7 Å². The van der Waals surface area contributed by atoms with Crippen molar-refractivity contribution in [3.63, 3.8) is 0 Å². The Morgan fingerprint density at radius 3 is 2.29 bits per heavy atom. The Morgan fingerprint density at radius 2 is 1.60 bits per heavy atom. The number of piperazine rings is 1. The minimum Gasteiger partial charge on any atom is -0.456 e. The molecule has 0 bridgehead atoms. The van der Waals surface area contributed by atoms with Crippen molar-refractivity contribution in [3.8, 4) is 0 Å². The second kappa shape index (κ2) is 22.1. The van der Waals surface area contributed by atoms with Crippen molar-refractivity contribution in [1.82, 2.24) is 34.4 Å². The lowest BCUT2D eigenvalue weighted by Gasteiger charge is -2.38. The summed E-state index contributed by atoms with van der Waals surface area (Å²) in [7, 11) is 5.30. The van der Waals surface area contributed by atoms with E-state index in [1.54, 1.807) is 30.0 Å². The third-order valence-corrected chi connectivity index (χ3v) is 12.2. The number of aromatic nitrogens is 1. The molecule has 0 aliphatic carbocycles. The number of aromatic amines is 1. The molecule has 2 N–H and O–H groups in total. The van der Waals surface area contributed by atoms with Gasteiger partial charge in [0.05, 0.1) is 11.9 Å². The van der Waals surface area contributed by atoms with Gasteiger partial charge in [0.15, 0.2) is 18.3 Å². The number of piperidine rings is 2. The van der Waals surface area contributed by atoms with Gasteiger partial charge in [-0.25, -0.2) is 14.4 Å². The van der Waals surface area contributed by atoms with Crippen molar-refractivity contribution < 1.29 is 37.9 Å². The second-order valence-corrected chi connectivity index (χ2v) is 17.0. The number of hydrogen-bond donors (Lipinski definition) is 2. The third-order valence-electron chi connectivity index (χ3n) is 12.2. The predicted octanol–water partition coefficient (Wildman–Crippen LogP) is 4.18. The molecule has 17 nitrogen and oxygen atoms in total. The highest BCUT2D eigenvalue weighted by Gasteiger charge is 2.35. The summed E-state index contributed by atoms with van der Waals surface area (Å²) in [6, 6.07) is 11.3. The van der Waals surface area contributed by atoms with E-state index >= 15 is 0 Å². The first-order chi connectivity index (χ1) is 29.2. The average Bonchev–Trinajstić information content (AvgIpc) is 3.54. The Bertz CT molecular complexity index is 2060. The maximum absolute atomic E-state index is 13.7. The van der Waals surface area contributed by atoms with E-state index in [-0.39, 0.29) is 50.3 Å². The third kappa shape index (κ3) is 12.8. The zero-order valence-corrected chi connectivity index (χ0v) is 36.3. The number of hydrogen-bond acceptors (Lipinski definition) is 11. The highest BCUT2D eigenvalue weighted by molar-refractivity contribution is 5.91. The van der Waals surface area contributed by atoms with E-state index in [4.69, 9.17) is 13.9 Å². The topological polar surface area (TPSA) is 181 Å². The van der Waals surface area contributed by atoms with Crippen molar-refractivity contribution in [1.29, 1.82) is 0 Å². The number of para-hydroxylation sites is 1. The first kappa shape index (κ1) is 47.6. The number of nitrogens with one attached hydrogen (secondary N) is 2. The highest BCUT2D eigenvalue weighted by Crippen LogP contribution is 2.26. The summed E-state index contributed by atoms with van der Waals surface area (Å²) in [4.78, 5) is 88.4. The fourth-order valence-corrected chi connectivity index (χ4v) is 8.21. The number of benzene rings is 2. The lowest BCUT2D eigenvalue weighted by Crippen LogP contribution is -2.53. The fourth-order valence-electron chi connectivity index (χ4n) is 8.21. The quantitative estimate of drug-likeness (QED) is 0.279. The summed E-state index contributed by atoms with van der Waals surface area (Å²) in [5.41, 5.74) is 4.51. The maximum atomic E-state index is 13.7. The molecule has 7 rings (SSSR count). The molecule has 5 heterocycles. The summed E-state index contributed by atoms with van der Waals surface area (Å²) in [6.45, 7) is 10.9. The number of esters is 1. The number of rotatable bonds is 10. The van der Waals surface area contributed by atoms with Gasteiger partial charge in [-0.2, -0.15) is 0 Å². The number of amides is 5. The molecule has 0 spiro atoms. The van der Waals surface area contributed by atoms with E-state index in [9.17, 15) is 28.8 Å². The van der Waals surface area contributed by atoms with Crippen LogP contribution in [0.4, 0.5) is 15.3 Å². The van der Waals surface area contributed by atoms with Gasteiger partial charge in [-0.15, -0.1) is 0 Å². The first-order valence-electron chi connectivity index (χ1n) is 21.5. The van der Waals surface area contributed by atoms with Gasteiger partial charge in [-0.05, 0) is 93.9 Å². The molecule has 62 heavy (non-hydrogen) atoms. The Kier molecular flexibility index (Phi) is 17.0. The van der Waals surface area contributed by atoms with Crippen LogP contribution in [0, 0.1) is 12.8 Å². The number of urea groups is 1. The van der Waals surface area contributed by atoms with Gasteiger partial charge < -0.3 is 48.6 Å².